The first kappa shape index (κ1) is 18.6. The predicted octanol–water partition coefficient (Wildman–Crippen LogP) is 2.97. The Morgan fingerprint density at radius 3 is 2.42 bits per heavy atom. The van der Waals surface area contributed by atoms with E-state index in [1.54, 1.807) is 30.3 Å². The first-order chi connectivity index (χ1) is 11.1. The Morgan fingerprint density at radius 2 is 1.92 bits per heavy atom. The van der Waals surface area contributed by atoms with Gasteiger partial charge in [0, 0.05) is 12.1 Å². The molecule has 1 fully saturated rings. The lowest BCUT2D eigenvalue weighted by Crippen LogP contribution is -2.43. The van der Waals surface area contributed by atoms with E-state index in [1.807, 2.05) is 13.8 Å². The van der Waals surface area contributed by atoms with Gasteiger partial charge in [-0.25, -0.2) is 4.79 Å². The number of amides is 1. The number of hydrogen-bond donors (Lipinski definition) is 3. The number of anilines is 1. The van der Waals surface area contributed by atoms with Crippen molar-refractivity contribution < 1.29 is 14.7 Å². The van der Waals surface area contributed by atoms with Gasteiger partial charge in [0.05, 0.1) is 5.92 Å². The number of allylic oxidation sites excluding steroid dienone is 1. The smallest absolute Gasteiger partial charge is 0.326 e. The maximum atomic E-state index is 12.5. The molecule has 1 aliphatic carbocycles. The standard InChI is InChI=1S/C17H20Cl2N2O3/c1-17(2)11(8-13(18)19)14(17)15(22)21-12(16(23)24)7-9-3-5-10(20)6-4-9/h3-6,8,11-12,14H,7,20H2,1-2H3,(H,21,22)(H,23,24)/t11-,12-,14-/m0/s1. The molecule has 2 rings (SSSR count). The molecule has 7 heteroatoms. The van der Waals surface area contributed by atoms with E-state index in [9.17, 15) is 14.7 Å². The van der Waals surface area contributed by atoms with Gasteiger partial charge in [-0.1, -0.05) is 49.2 Å². The Kier molecular flexibility index (Phi) is 5.45. The molecule has 0 radical (unpaired) electrons. The molecule has 1 amide bonds. The van der Waals surface area contributed by atoms with Crippen molar-refractivity contribution in [3.8, 4) is 0 Å². The van der Waals surface area contributed by atoms with Gasteiger partial charge < -0.3 is 16.2 Å². The Labute approximate surface area is 150 Å². The van der Waals surface area contributed by atoms with Crippen LogP contribution in [0.2, 0.25) is 0 Å². The molecule has 3 atom stereocenters. The zero-order valence-corrected chi connectivity index (χ0v) is 14.9. The first-order valence-electron chi connectivity index (χ1n) is 7.53. The molecule has 0 spiro atoms. The van der Waals surface area contributed by atoms with E-state index >= 15 is 0 Å². The summed E-state index contributed by atoms with van der Waals surface area (Å²) in [5, 5.41) is 12.0. The number of carbonyl (C=O) groups excluding carboxylic acids is 1. The molecule has 0 bridgehead atoms. The molecule has 1 aromatic carbocycles. The van der Waals surface area contributed by atoms with Crippen LogP contribution in [0.1, 0.15) is 19.4 Å². The topological polar surface area (TPSA) is 92.4 Å². The quantitative estimate of drug-likeness (QED) is 0.671. The van der Waals surface area contributed by atoms with E-state index in [-0.39, 0.29) is 34.1 Å². The second kappa shape index (κ2) is 7.03. The largest absolute Gasteiger partial charge is 0.480 e. The number of benzene rings is 1. The maximum Gasteiger partial charge on any atom is 0.326 e. The predicted molar refractivity (Wildman–Crippen MR) is 94.7 cm³/mol. The number of aliphatic carboxylic acids is 1. The molecule has 0 aliphatic heterocycles. The number of rotatable bonds is 6. The van der Waals surface area contributed by atoms with Crippen molar-refractivity contribution in [2.75, 3.05) is 5.73 Å². The molecule has 130 valence electrons. The minimum Gasteiger partial charge on any atom is -0.480 e. The highest BCUT2D eigenvalue weighted by molar-refractivity contribution is 6.55. The van der Waals surface area contributed by atoms with Crippen molar-refractivity contribution in [3.63, 3.8) is 0 Å². The number of nitrogens with two attached hydrogens (primary N) is 1. The van der Waals surface area contributed by atoms with Crippen LogP contribution in [0.15, 0.2) is 34.8 Å². The lowest BCUT2D eigenvalue weighted by Gasteiger charge is -2.15. The van der Waals surface area contributed by atoms with Crippen molar-refractivity contribution in [1.82, 2.24) is 5.32 Å². The van der Waals surface area contributed by atoms with Crippen LogP contribution in [0.4, 0.5) is 5.69 Å². The van der Waals surface area contributed by atoms with Gasteiger partial charge in [0.1, 0.15) is 10.5 Å². The van der Waals surface area contributed by atoms with Crippen LogP contribution < -0.4 is 11.1 Å². The summed E-state index contributed by atoms with van der Waals surface area (Å²) in [6.45, 7) is 3.84. The highest BCUT2D eigenvalue weighted by Gasteiger charge is 2.60. The van der Waals surface area contributed by atoms with Gasteiger partial charge in [0.15, 0.2) is 0 Å². The molecule has 24 heavy (non-hydrogen) atoms. The highest BCUT2D eigenvalue weighted by Crippen LogP contribution is 2.59. The third kappa shape index (κ3) is 4.22. The van der Waals surface area contributed by atoms with E-state index in [0.29, 0.717) is 5.69 Å². The molecule has 0 saturated heterocycles. The number of carboxylic acids is 1. The number of nitrogens with one attached hydrogen (secondary N) is 1. The molecule has 1 aliphatic rings. The summed E-state index contributed by atoms with van der Waals surface area (Å²) in [6.07, 6.45) is 1.81. The van der Waals surface area contributed by atoms with Gasteiger partial charge in [-0.2, -0.15) is 0 Å². The lowest BCUT2D eigenvalue weighted by molar-refractivity contribution is -0.142. The summed E-state index contributed by atoms with van der Waals surface area (Å²) in [6, 6.07) is 5.88. The second-order valence-corrected chi connectivity index (χ2v) is 7.63. The van der Waals surface area contributed by atoms with Gasteiger partial charge in [0.2, 0.25) is 5.91 Å². The number of hydrogen-bond acceptors (Lipinski definition) is 3. The number of carbonyl (C=O) groups is 2. The van der Waals surface area contributed by atoms with E-state index in [0.717, 1.165) is 5.56 Å². The average Bonchev–Trinajstić information content (AvgIpc) is 3.00. The molecule has 0 heterocycles. The van der Waals surface area contributed by atoms with Crippen LogP contribution >= 0.6 is 23.2 Å². The molecular weight excluding hydrogens is 351 g/mol. The van der Waals surface area contributed by atoms with Crippen LogP contribution in [0.25, 0.3) is 0 Å². The van der Waals surface area contributed by atoms with Crippen molar-refractivity contribution >= 4 is 40.8 Å². The van der Waals surface area contributed by atoms with Crippen LogP contribution in [0.5, 0.6) is 0 Å². The fourth-order valence-electron chi connectivity index (χ4n) is 2.98. The highest BCUT2D eigenvalue weighted by atomic mass is 35.5. The summed E-state index contributed by atoms with van der Waals surface area (Å²) in [5.74, 6) is -1.84. The summed E-state index contributed by atoms with van der Waals surface area (Å²) in [7, 11) is 0. The molecule has 0 unspecified atom stereocenters. The summed E-state index contributed by atoms with van der Waals surface area (Å²) < 4.78 is 0.111. The van der Waals surface area contributed by atoms with Crippen molar-refractivity contribution in [1.29, 1.82) is 0 Å². The van der Waals surface area contributed by atoms with Crippen LogP contribution in [-0.2, 0) is 16.0 Å². The van der Waals surface area contributed by atoms with Crippen molar-refractivity contribution in [2.45, 2.75) is 26.3 Å². The van der Waals surface area contributed by atoms with Gasteiger partial charge >= 0.3 is 5.97 Å². The third-order valence-electron chi connectivity index (χ3n) is 4.53. The minimum atomic E-state index is -1.08. The van der Waals surface area contributed by atoms with Crippen molar-refractivity contribution in [2.24, 2.45) is 17.3 Å². The molecule has 1 saturated carbocycles. The zero-order valence-electron chi connectivity index (χ0n) is 13.4. The Balaban J connectivity index is 2.06. The second-order valence-electron chi connectivity index (χ2n) is 6.63. The van der Waals surface area contributed by atoms with E-state index in [1.165, 1.54) is 0 Å². The zero-order chi connectivity index (χ0) is 18.1. The Bertz CT molecular complexity index is 667. The van der Waals surface area contributed by atoms with Gasteiger partial charge in [-0.15, -0.1) is 0 Å². The van der Waals surface area contributed by atoms with E-state index in [4.69, 9.17) is 28.9 Å². The van der Waals surface area contributed by atoms with E-state index < -0.39 is 12.0 Å². The molecule has 4 N–H and O–H groups in total. The monoisotopic (exact) mass is 370 g/mol. The molecule has 0 aromatic heterocycles. The normalized spacial score (nSPS) is 22.3. The molecule has 5 nitrogen and oxygen atoms in total. The maximum absolute atomic E-state index is 12.5. The fourth-order valence-corrected chi connectivity index (χ4v) is 3.25. The van der Waals surface area contributed by atoms with E-state index in [2.05, 4.69) is 5.32 Å². The average molecular weight is 371 g/mol. The van der Waals surface area contributed by atoms with Gasteiger partial charge in [-0.3, -0.25) is 4.79 Å². The number of nitrogen functional groups attached to an aromatic ring is 1. The Morgan fingerprint density at radius 1 is 1.33 bits per heavy atom. The van der Waals surface area contributed by atoms with Crippen LogP contribution in [0.3, 0.4) is 0 Å². The van der Waals surface area contributed by atoms with Crippen LogP contribution in [-0.4, -0.2) is 23.0 Å². The molecular formula is C17H20Cl2N2O3. The van der Waals surface area contributed by atoms with Gasteiger partial charge in [0.25, 0.3) is 0 Å². The fraction of sp³-hybridized carbons (Fsp3) is 0.412. The van der Waals surface area contributed by atoms with Gasteiger partial charge in [-0.05, 0) is 35.1 Å². The Hall–Kier alpha value is -1.72. The first-order valence-corrected chi connectivity index (χ1v) is 8.29. The SMILES string of the molecule is CC1(C)[C@H](C(=O)N[C@@H](Cc2ccc(N)cc2)C(=O)O)[C@@H]1C=C(Cl)Cl. The lowest BCUT2D eigenvalue weighted by atomic mass is 10.0. The number of carboxylic acid groups (broad SMARTS) is 1. The molecule has 1 aromatic rings. The summed E-state index contributed by atoms with van der Waals surface area (Å²) in [5.41, 5.74) is 6.70. The summed E-state index contributed by atoms with van der Waals surface area (Å²) in [4.78, 5) is 23.9. The minimum absolute atomic E-state index is 0.103. The summed E-state index contributed by atoms with van der Waals surface area (Å²) >= 11 is 11.4. The van der Waals surface area contributed by atoms with Crippen molar-refractivity contribution in [3.05, 3.63) is 40.4 Å². The third-order valence-corrected chi connectivity index (χ3v) is 4.78. The van der Waals surface area contributed by atoms with Crippen LogP contribution in [0, 0.1) is 17.3 Å². The number of halogens is 2.